The monoisotopic (exact) mass is 372 g/mol. The van der Waals surface area contributed by atoms with Crippen molar-refractivity contribution in [1.82, 2.24) is 0 Å². The van der Waals surface area contributed by atoms with Gasteiger partial charge in [-0.25, -0.2) is 9.98 Å². The van der Waals surface area contributed by atoms with Gasteiger partial charge in [-0.3, -0.25) is 0 Å². The number of thiophene rings is 2. The summed E-state index contributed by atoms with van der Waals surface area (Å²) in [6.45, 7) is 0. The van der Waals surface area contributed by atoms with E-state index in [1.54, 1.807) is 22.7 Å². The Morgan fingerprint density at radius 1 is 0.500 bits per heavy atom. The molecule has 0 atom stereocenters. The topological polar surface area (TPSA) is 24.7 Å². The van der Waals surface area contributed by atoms with Crippen LogP contribution in [0.4, 0.5) is 11.4 Å². The molecule has 0 saturated carbocycles. The average Bonchev–Trinajstić information content (AvgIpc) is 3.40. The van der Waals surface area contributed by atoms with E-state index in [0.29, 0.717) is 0 Å². The number of benzene rings is 2. The Labute approximate surface area is 160 Å². The predicted molar refractivity (Wildman–Crippen MR) is 114 cm³/mol. The Kier molecular flexibility index (Phi) is 5.14. The average molecular weight is 373 g/mol. The van der Waals surface area contributed by atoms with Crippen LogP contribution < -0.4 is 0 Å². The van der Waals surface area contributed by atoms with Gasteiger partial charge in [-0.1, -0.05) is 48.5 Å². The molecule has 4 heteroatoms. The zero-order chi connectivity index (χ0) is 17.6. The van der Waals surface area contributed by atoms with Gasteiger partial charge in [-0.15, -0.1) is 22.7 Å². The Balaban J connectivity index is 1.90. The van der Waals surface area contributed by atoms with Crippen LogP contribution in [0.1, 0.15) is 9.75 Å². The number of hydrogen-bond acceptors (Lipinski definition) is 4. The van der Waals surface area contributed by atoms with E-state index in [1.165, 1.54) is 0 Å². The molecular formula is C22H16N2S2. The molecule has 2 aromatic heterocycles. The Morgan fingerprint density at radius 3 is 1.27 bits per heavy atom. The fourth-order valence-corrected chi connectivity index (χ4v) is 3.97. The fourth-order valence-electron chi connectivity index (χ4n) is 2.54. The lowest BCUT2D eigenvalue weighted by Gasteiger charge is -2.08. The molecule has 2 heterocycles. The third kappa shape index (κ3) is 3.87. The van der Waals surface area contributed by atoms with E-state index in [0.717, 1.165) is 32.6 Å². The molecule has 126 valence electrons. The summed E-state index contributed by atoms with van der Waals surface area (Å²) in [5.74, 6) is 0. The van der Waals surface area contributed by atoms with Gasteiger partial charge in [0.05, 0.1) is 21.1 Å². The number of rotatable bonds is 5. The van der Waals surface area contributed by atoms with Crippen molar-refractivity contribution in [3.05, 3.63) is 105 Å². The number of aliphatic imine (C=N–C) groups is 2. The fraction of sp³-hybridized carbons (Fsp3) is 0. The van der Waals surface area contributed by atoms with Crippen molar-refractivity contribution in [3.63, 3.8) is 0 Å². The molecule has 0 saturated heterocycles. The minimum atomic E-state index is 0.900. The lowest BCUT2D eigenvalue weighted by molar-refractivity contribution is 1.50. The van der Waals surface area contributed by atoms with Crippen LogP contribution in [-0.2, 0) is 0 Å². The first-order valence-electron chi connectivity index (χ1n) is 8.26. The second-order valence-electron chi connectivity index (χ2n) is 5.55. The normalized spacial score (nSPS) is 12.3. The summed E-state index contributed by atoms with van der Waals surface area (Å²) in [6, 6.07) is 28.4. The van der Waals surface area contributed by atoms with E-state index < -0.39 is 0 Å². The molecular weight excluding hydrogens is 356 g/mol. The number of para-hydroxylation sites is 2. The largest absolute Gasteiger partial charge is 0.245 e. The maximum atomic E-state index is 4.96. The first kappa shape index (κ1) is 16.6. The van der Waals surface area contributed by atoms with Crippen molar-refractivity contribution in [1.29, 1.82) is 0 Å². The zero-order valence-corrected chi connectivity index (χ0v) is 15.6. The SMILES string of the molecule is c1ccc(N=C(C(=Nc2ccccc2)c2cccs2)c2cccs2)cc1. The van der Waals surface area contributed by atoms with Gasteiger partial charge in [0.2, 0.25) is 0 Å². The summed E-state index contributed by atoms with van der Waals surface area (Å²) in [5, 5.41) is 4.15. The van der Waals surface area contributed by atoms with Crippen molar-refractivity contribution in [3.8, 4) is 0 Å². The molecule has 0 amide bonds. The van der Waals surface area contributed by atoms with Crippen LogP contribution in [0.5, 0.6) is 0 Å². The molecule has 0 fully saturated rings. The Bertz CT molecular complexity index is 915. The molecule has 0 spiro atoms. The molecule has 0 aliphatic heterocycles. The van der Waals surface area contributed by atoms with Gasteiger partial charge in [-0.2, -0.15) is 0 Å². The molecule has 26 heavy (non-hydrogen) atoms. The van der Waals surface area contributed by atoms with E-state index in [4.69, 9.17) is 9.98 Å². The first-order valence-corrected chi connectivity index (χ1v) is 10.0. The zero-order valence-electron chi connectivity index (χ0n) is 13.9. The smallest absolute Gasteiger partial charge is 0.108 e. The van der Waals surface area contributed by atoms with E-state index in [9.17, 15) is 0 Å². The molecule has 0 radical (unpaired) electrons. The van der Waals surface area contributed by atoms with Gasteiger partial charge >= 0.3 is 0 Å². The van der Waals surface area contributed by atoms with Gasteiger partial charge in [0.25, 0.3) is 0 Å². The third-order valence-electron chi connectivity index (χ3n) is 3.73. The van der Waals surface area contributed by atoms with Crippen molar-refractivity contribution in [2.75, 3.05) is 0 Å². The van der Waals surface area contributed by atoms with Crippen molar-refractivity contribution in [2.24, 2.45) is 9.98 Å². The quantitative estimate of drug-likeness (QED) is 0.346. The Morgan fingerprint density at radius 2 is 0.923 bits per heavy atom. The maximum absolute atomic E-state index is 4.96. The standard InChI is InChI=1S/C22H16N2S2/c1-3-9-17(10-4-1)23-21(19-13-7-15-25-19)22(20-14-8-16-26-20)24-18-11-5-2-6-12-18/h1-16H. The molecule has 4 aromatic rings. The van der Waals surface area contributed by atoms with Gasteiger partial charge in [0.1, 0.15) is 11.4 Å². The number of nitrogens with zero attached hydrogens (tertiary/aromatic N) is 2. The summed E-state index contributed by atoms with van der Waals surface area (Å²) in [4.78, 5) is 12.1. The second-order valence-corrected chi connectivity index (χ2v) is 7.44. The summed E-state index contributed by atoms with van der Waals surface area (Å²) in [6.07, 6.45) is 0. The summed E-state index contributed by atoms with van der Waals surface area (Å²) >= 11 is 3.36. The minimum Gasteiger partial charge on any atom is -0.245 e. The molecule has 0 aliphatic rings. The molecule has 0 bridgehead atoms. The van der Waals surface area contributed by atoms with Crippen LogP contribution in [0.3, 0.4) is 0 Å². The van der Waals surface area contributed by atoms with Crippen molar-refractivity contribution < 1.29 is 0 Å². The summed E-state index contributed by atoms with van der Waals surface area (Å²) < 4.78 is 0. The molecule has 2 aromatic carbocycles. The first-order chi connectivity index (χ1) is 12.9. The minimum absolute atomic E-state index is 0.900. The Hall–Kier alpha value is -2.82. The molecule has 0 unspecified atom stereocenters. The maximum Gasteiger partial charge on any atom is 0.108 e. The predicted octanol–water partition coefficient (Wildman–Crippen LogP) is 6.75. The van der Waals surface area contributed by atoms with Crippen LogP contribution in [0.15, 0.2) is 106 Å². The van der Waals surface area contributed by atoms with Crippen LogP contribution >= 0.6 is 22.7 Å². The lowest BCUT2D eigenvalue weighted by atomic mass is 10.1. The highest BCUT2D eigenvalue weighted by Crippen LogP contribution is 2.24. The van der Waals surface area contributed by atoms with Gasteiger partial charge in [-0.05, 0) is 47.2 Å². The van der Waals surface area contributed by atoms with Crippen LogP contribution in [0.2, 0.25) is 0 Å². The van der Waals surface area contributed by atoms with Crippen molar-refractivity contribution in [2.45, 2.75) is 0 Å². The highest BCUT2D eigenvalue weighted by atomic mass is 32.1. The molecule has 0 aliphatic carbocycles. The highest BCUT2D eigenvalue weighted by Gasteiger charge is 2.17. The van der Waals surface area contributed by atoms with Crippen LogP contribution in [0, 0.1) is 0 Å². The van der Waals surface area contributed by atoms with Gasteiger partial charge in [0.15, 0.2) is 0 Å². The molecule has 0 N–H and O–H groups in total. The summed E-state index contributed by atoms with van der Waals surface area (Å²) in [7, 11) is 0. The van der Waals surface area contributed by atoms with E-state index >= 15 is 0 Å². The summed E-state index contributed by atoms with van der Waals surface area (Å²) in [5.41, 5.74) is 3.65. The van der Waals surface area contributed by atoms with Crippen LogP contribution in [-0.4, -0.2) is 11.4 Å². The second kappa shape index (κ2) is 8.04. The van der Waals surface area contributed by atoms with Gasteiger partial charge < -0.3 is 0 Å². The number of hydrogen-bond donors (Lipinski definition) is 0. The van der Waals surface area contributed by atoms with Gasteiger partial charge in [0, 0.05) is 0 Å². The van der Waals surface area contributed by atoms with E-state index in [1.807, 2.05) is 60.7 Å². The van der Waals surface area contributed by atoms with E-state index in [-0.39, 0.29) is 0 Å². The van der Waals surface area contributed by atoms with Crippen LogP contribution in [0.25, 0.3) is 0 Å². The lowest BCUT2D eigenvalue weighted by Crippen LogP contribution is -2.14. The third-order valence-corrected chi connectivity index (χ3v) is 5.48. The molecule has 2 nitrogen and oxygen atoms in total. The molecule has 4 rings (SSSR count). The van der Waals surface area contributed by atoms with Crippen molar-refractivity contribution >= 4 is 45.5 Å². The highest BCUT2D eigenvalue weighted by molar-refractivity contribution is 7.15. The van der Waals surface area contributed by atoms with E-state index in [2.05, 4.69) is 35.0 Å².